The molecular weight excluding hydrogens is 252 g/mol. The van der Waals surface area contributed by atoms with Gasteiger partial charge in [-0.3, -0.25) is 0 Å². The van der Waals surface area contributed by atoms with Crippen molar-refractivity contribution in [3.05, 3.63) is 53.9 Å². The highest BCUT2D eigenvalue weighted by Gasteiger charge is 2.21. The number of rotatable bonds is 5. The molecule has 1 aliphatic rings. The van der Waals surface area contributed by atoms with Gasteiger partial charge >= 0.3 is 0 Å². The third kappa shape index (κ3) is 3.04. The lowest BCUT2D eigenvalue weighted by Crippen LogP contribution is -2.12. The van der Waals surface area contributed by atoms with Crippen molar-refractivity contribution in [1.29, 1.82) is 0 Å². The fourth-order valence-electron chi connectivity index (χ4n) is 2.57. The molecule has 1 aromatic carbocycles. The summed E-state index contributed by atoms with van der Waals surface area (Å²) in [5.41, 5.74) is 2.89. The van der Waals surface area contributed by atoms with Crippen molar-refractivity contribution < 1.29 is 0 Å². The van der Waals surface area contributed by atoms with Gasteiger partial charge in [0, 0.05) is 35.6 Å². The van der Waals surface area contributed by atoms with Crippen molar-refractivity contribution >= 4 is 11.8 Å². The van der Waals surface area contributed by atoms with E-state index in [4.69, 9.17) is 0 Å². The summed E-state index contributed by atoms with van der Waals surface area (Å²) in [6.45, 7) is 5.25. The smallest absolute Gasteiger partial charge is 0.0345 e. The molecule has 0 bridgehead atoms. The Balaban J connectivity index is 1.60. The Labute approximate surface area is 119 Å². The molecule has 1 aliphatic heterocycles. The molecule has 2 heterocycles. The van der Waals surface area contributed by atoms with E-state index in [1.165, 1.54) is 22.4 Å². The first kappa shape index (κ1) is 12.8. The third-order valence-corrected chi connectivity index (χ3v) is 4.82. The van der Waals surface area contributed by atoms with E-state index in [1.807, 2.05) is 11.8 Å². The zero-order chi connectivity index (χ0) is 13.1. The molecule has 1 atom stereocenters. The Morgan fingerprint density at radius 2 is 2.21 bits per heavy atom. The minimum atomic E-state index is 0.678. The van der Waals surface area contributed by atoms with E-state index in [0.29, 0.717) is 5.25 Å². The van der Waals surface area contributed by atoms with Crippen molar-refractivity contribution in [3.8, 4) is 0 Å². The highest BCUT2D eigenvalue weighted by atomic mass is 32.2. The van der Waals surface area contributed by atoms with Crippen LogP contribution in [0.4, 0.5) is 0 Å². The summed E-state index contributed by atoms with van der Waals surface area (Å²) in [6, 6.07) is 11.0. The second-order valence-electron chi connectivity index (χ2n) is 5.05. The Morgan fingerprint density at radius 3 is 3.05 bits per heavy atom. The van der Waals surface area contributed by atoms with Crippen molar-refractivity contribution in [2.75, 3.05) is 6.54 Å². The van der Waals surface area contributed by atoms with E-state index < -0.39 is 0 Å². The summed E-state index contributed by atoms with van der Waals surface area (Å²) in [5.74, 6) is 0. The number of benzene rings is 1. The zero-order valence-corrected chi connectivity index (χ0v) is 12.1. The Hall–Kier alpha value is -1.19. The maximum absolute atomic E-state index is 3.37. The number of aromatic nitrogens is 1. The molecule has 1 N–H and O–H groups in total. The van der Waals surface area contributed by atoms with Crippen LogP contribution in [-0.2, 0) is 19.5 Å². The van der Waals surface area contributed by atoms with Crippen LogP contribution < -0.4 is 5.32 Å². The number of nitrogens with one attached hydrogen (secondary N) is 1. The van der Waals surface area contributed by atoms with Gasteiger partial charge in [-0.25, -0.2) is 0 Å². The van der Waals surface area contributed by atoms with Crippen LogP contribution in [0, 0.1) is 0 Å². The topological polar surface area (TPSA) is 17.0 Å². The largest absolute Gasteiger partial charge is 0.353 e. The van der Waals surface area contributed by atoms with Gasteiger partial charge in [0.15, 0.2) is 0 Å². The molecule has 0 aliphatic carbocycles. The predicted octanol–water partition coefficient (Wildman–Crippen LogP) is 3.31. The lowest BCUT2D eigenvalue weighted by atomic mass is 10.1. The molecule has 0 saturated heterocycles. The maximum atomic E-state index is 3.37. The SMILES string of the molecule is CCNCc1ccn(CC2Cc3ccccc3S2)c1. The van der Waals surface area contributed by atoms with Crippen LogP contribution in [0.25, 0.3) is 0 Å². The van der Waals surface area contributed by atoms with E-state index in [2.05, 4.69) is 59.5 Å². The Kier molecular flexibility index (Phi) is 3.95. The lowest BCUT2D eigenvalue weighted by molar-refractivity contribution is 0.662. The standard InChI is InChI=1S/C16H20N2S/c1-2-17-10-13-7-8-18(11-13)12-15-9-14-5-3-4-6-16(14)19-15/h3-8,11,15,17H,2,9-10,12H2,1H3. The minimum Gasteiger partial charge on any atom is -0.353 e. The number of thioether (sulfide) groups is 1. The number of fused-ring (bicyclic) bond motifs is 1. The molecule has 0 radical (unpaired) electrons. The molecule has 0 amide bonds. The molecular formula is C16H20N2S. The first-order valence-electron chi connectivity index (χ1n) is 6.95. The number of nitrogens with zero attached hydrogens (tertiary/aromatic N) is 1. The second-order valence-corrected chi connectivity index (χ2v) is 6.39. The monoisotopic (exact) mass is 272 g/mol. The maximum Gasteiger partial charge on any atom is 0.0345 e. The van der Waals surface area contributed by atoms with Gasteiger partial charge in [-0.2, -0.15) is 0 Å². The summed E-state index contributed by atoms with van der Waals surface area (Å²) < 4.78 is 2.33. The molecule has 2 nitrogen and oxygen atoms in total. The average molecular weight is 272 g/mol. The summed E-state index contributed by atoms with van der Waals surface area (Å²) >= 11 is 2.02. The second kappa shape index (κ2) is 5.85. The zero-order valence-electron chi connectivity index (χ0n) is 11.3. The van der Waals surface area contributed by atoms with E-state index in [-0.39, 0.29) is 0 Å². The van der Waals surface area contributed by atoms with Crippen molar-refractivity contribution in [2.45, 2.75) is 36.6 Å². The van der Waals surface area contributed by atoms with Crippen LogP contribution in [0.2, 0.25) is 0 Å². The van der Waals surface area contributed by atoms with Gasteiger partial charge < -0.3 is 9.88 Å². The van der Waals surface area contributed by atoms with Gasteiger partial charge in [0.25, 0.3) is 0 Å². The van der Waals surface area contributed by atoms with Gasteiger partial charge in [-0.05, 0) is 36.2 Å². The van der Waals surface area contributed by atoms with Crippen LogP contribution in [0.1, 0.15) is 18.1 Å². The number of hydrogen-bond donors (Lipinski definition) is 1. The highest BCUT2D eigenvalue weighted by Crippen LogP contribution is 2.37. The van der Waals surface area contributed by atoms with Crippen LogP contribution in [0.15, 0.2) is 47.6 Å². The van der Waals surface area contributed by atoms with E-state index >= 15 is 0 Å². The fraction of sp³-hybridized carbons (Fsp3) is 0.375. The van der Waals surface area contributed by atoms with Crippen molar-refractivity contribution in [1.82, 2.24) is 9.88 Å². The quantitative estimate of drug-likeness (QED) is 0.899. The molecule has 0 spiro atoms. The first-order valence-corrected chi connectivity index (χ1v) is 7.83. The van der Waals surface area contributed by atoms with Crippen LogP contribution >= 0.6 is 11.8 Å². The van der Waals surface area contributed by atoms with Gasteiger partial charge in [0.1, 0.15) is 0 Å². The first-order chi connectivity index (χ1) is 9.35. The normalized spacial score (nSPS) is 17.6. The van der Waals surface area contributed by atoms with Gasteiger partial charge in [-0.15, -0.1) is 11.8 Å². The fourth-order valence-corrected chi connectivity index (χ4v) is 3.90. The molecule has 1 aromatic heterocycles. The van der Waals surface area contributed by atoms with Crippen LogP contribution in [0.3, 0.4) is 0 Å². The Bertz CT molecular complexity index is 522. The average Bonchev–Trinajstić information content (AvgIpc) is 3.02. The highest BCUT2D eigenvalue weighted by molar-refractivity contribution is 8.00. The molecule has 0 saturated carbocycles. The van der Waals surface area contributed by atoms with Gasteiger partial charge in [0.2, 0.25) is 0 Å². The van der Waals surface area contributed by atoms with Crippen LogP contribution in [0.5, 0.6) is 0 Å². The minimum absolute atomic E-state index is 0.678. The summed E-state index contributed by atoms with van der Waals surface area (Å²) in [5, 5.41) is 4.04. The molecule has 0 fully saturated rings. The molecule has 19 heavy (non-hydrogen) atoms. The summed E-state index contributed by atoms with van der Waals surface area (Å²) in [4.78, 5) is 1.47. The number of hydrogen-bond acceptors (Lipinski definition) is 2. The molecule has 3 heteroatoms. The van der Waals surface area contributed by atoms with Crippen LogP contribution in [-0.4, -0.2) is 16.4 Å². The third-order valence-electron chi connectivity index (χ3n) is 3.52. The van der Waals surface area contributed by atoms with Gasteiger partial charge in [-0.1, -0.05) is 25.1 Å². The van der Waals surface area contributed by atoms with Crippen molar-refractivity contribution in [3.63, 3.8) is 0 Å². The molecule has 1 unspecified atom stereocenters. The summed E-state index contributed by atoms with van der Waals surface area (Å²) in [6.07, 6.45) is 5.67. The van der Waals surface area contributed by atoms with E-state index in [0.717, 1.165) is 19.6 Å². The molecule has 2 aromatic rings. The van der Waals surface area contributed by atoms with Crippen molar-refractivity contribution in [2.24, 2.45) is 0 Å². The van der Waals surface area contributed by atoms with Gasteiger partial charge in [0.05, 0.1) is 0 Å². The summed E-state index contributed by atoms with van der Waals surface area (Å²) in [7, 11) is 0. The predicted molar refractivity (Wildman–Crippen MR) is 81.6 cm³/mol. The Morgan fingerprint density at radius 1 is 1.32 bits per heavy atom. The molecule has 100 valence electrons. The molecule has 3 rings (SSSR count). The van der Waals surface area contributed by atoms with E-state index in [9.17, 15) is 0 Å². The lowest BCUT2D eigenvalue weighted by Gasteiger charge is -2.09. The van der Waals surface area contributed by atoms with E-state index in [1.54, 1.807) is 0 Å².